The van der Waals surface area contributed by atoms with Gasteiger partial charge in [0.05, 0.1) is 0 Å². The summed E-state index contributed by atoms with van der Waals surface area (Å²) in [6, 6.07) is -0.334. The van der Waals surface area contributed by atoms with Gasteiger partial charge in [0.15, 0.2) is 0 Å². The zero-order chi connectivity index (χ0) is 8.55. The van der Waals surface area contributed by atoms with Gasteiger partial charge in [-0.15, -0.1) is 0 Å². The lowest BCUT2D eigenvalue weighted by molar-refractivity contribution is -0.139. The van der Waals surface area contributed by atoms with Crippen LogP contribution in [-0.2, 0) is 4.79 Å². The molecule has 3 nitrogen and oxygen atoms in total. The first kappa shape index (κ1) is 7.65. The molecule has 66 valence electrons. The molecule has 0 aromatic heterocycles. The Hall–Kier alpha value is -0.990. The first-order chi connectivity index (χ1) is 5.77. The van der Waals surface area contributed by atoms with Gasteiger partial charge < -0.3 is 10.4 Å². The Bertz CT molecular complexity index is 235. The zero-order valence-electron chi connectivity index (χ0n) is 6.92. The van der Waals surface area contributed by atoms with Crippen LogP contribution in [0.3, 0.4) is 0 Å². The molecule has 0 aromatic rings. The first-order valence-electron chi connectivity index (χ1n) is 4.47. The summed E-state index contributed by atoms with van der Waals surface area (Å²) in [5.74, 6) is -0.217. The summed E-state index contributed by atoms with van der Waals surface area (Å²) in [5, 5.41) is 11.8. The highest BCUT2D eigenvalue weighted by Gasteiger charge is 2.33. The van der Waals surface area contributed by atoms with Crippen LogP contribution < -0.4 is 5.32 Å². The summed E-state index contributed by atoms with van der Waals surface area (Å²) in [4.78, 5) is 10.7. The van der Waals surface area contributed by atoms with Crippen LogP contribution in [0.4, 0.5) is 0 Å². The normalized spacial score (nSPS) is 33.5. The third-order valence-corrected chi connectivity index (χ3v) is 2.72. The molecule has 1 saturated heterocycles. The van der Waals surface area contributed by atoms with Gasteiger partial charge in [-0.1, -0.05) is 6.08 Å². The van der Waals surface area contributed by atoms with Gasteiger partial charge in [0.1, 0.15) is 6.04 Å². The molecule has 2 aliphatic rings. The minimum Gasteiger partial charge on any atom is -0.480 e. The molecule has 1 fully saturated rings. The number of carbonyl (C=O) groups is 1. The molecular formula is C9H13NO2. The molecule has 0 amide bonds. The Labute approximate surface area is 71.5 Å². The van der Waals surface area contributed by atoms with Crippen LogP contribution in [-0.4, -0.2) is 17.1 Å². The van der Waals surface area contributed by atoms with Crippen LogP contribution in [0.15, 0.2) is 11.8 Å². The Morgan fingerprint density at radius 3 is 3.17 bits per heavy atom. The van der Waals surface area contributed by atoms with Crippen molar-refractivity contribution in [2.75, 3.05) is 0 Å². The van der Waals surface area contributed by atoms with E-state index < -0.39 is 5.97 Å². The van der Waals surface area contributed by atoms with E-state index in [1.54, 1.807) is 0 Å². The maximum atomic E-state index is 10.7. The van der Waals surface area contributed by atoms with Crippen LogP contribution in [0.1, 0.15) is 25.7 Å². The fourth-order valence-electron chi connectivity index (χ4n) is 2.07. The second-order valence-electron chi connectivity index (χ2n) is 3.56. The topological polar surface area (TPSA) is 49.3 Å². The van der Waals surface area contributed by atoms with Crippen molar-refractivity contribution in [1.82, 2.24) is 5.32 Å². The Kier molecular flexibility index (Phi) is 1.79. The standard InChI is InChI=1S/C9H13NO2/c11-9(12)8-5-6-3-1-2-4-7(6)10-8/h4,6,8,10H,1-3,5H2,(H,11,12)/t6?,8-/m0/s1. The largest absolute Gasteiger partial charge is 0.480 e. The molecule has 12 heavy (non-hydrogen) atoms. The maximum absolute atomic E-state index is 10.7. The van der Waals surface area contributed by atoms with Crippen LogP contribution in [0.25, 0.3) is 0 Å². The Morgan fingerprint density at radius 2 is 2.50 bits per heavy atom. The van der Waals surface area contributed by atoms with E-state index in [9.17, 15) is 4.79 Å². The Balaban J connectivity index is 2.09. The van der Waals surface area contributed by atoms with E-state index in [0.29, 0.717) is 5.92 Å². The van der Waals surface area contributed by atoms with Gasteiger partial charge in [0.2, 0.25) is 0 Å². The number of carboxylic acids is 1. The predicted octanol–water partition coefficient (Wildman–Crippen LogP) is 1.12. The molecule has 0 saturated carbocycles. The molecule has 0 radical (unpaired) electrons. The molecular weight excluding hydrogens is 154 g/mol. The highest BCUT2D eigenvalue weighted by atomic mass is 16.4. The maximum Gasteiger partial charge on any atom is 0.326 e. The molecule has 1 heterocycles. The molecule has 3 heteroatoms. The van der Waals surface area contributed by atoms with Crippen LogP contribution in [0.2, 0.25) is 0 Å². The van der Waals surface area contributed by atoms with E-state index in [0.717, 1.165) is 19.3 Å². The van der Waals surface area contributed by atoms with Crippen molar-refractivity contribution in [3.8, 4) is 0 Å². The lowest BCUT2D eigenvalue weighted by Gasteiger charge is -2.14. The van der Waals surface area contributed by atoms with Crippen molar-refractivity contribution < 1.29 is 9.90 Å². The highest BCUT2D eigenvalue weighted by Crippen LogP contribution is 2.32. The molecule has 2 N–H and O–H groups in total. The molecule has 0 bridgehead atoms. The number of allylic oxidation sites excluding steroid dienone is 2. The number of carboxylic acid groups (broad SMARTS) is 1. The van der Waals surface area contributed by atoms with Gasteiger partial charge in [-0.3, -0.25) is 0 Å². The minimum absolute atomic E-state index is 0.334. The summed E-state index contributed by atoms with van der Waals surface area (Å²) >= 11 is 0. The van der Waals surface area contributed by atoms with Crippen LogP contribution in [0.5, 0.6) is 0 Å². The lowest BCUT2D eigenvalue weighted by Crippen LogP contribution is -2.29. The molecule has 0 aromatic carbocycles. The van der Waals surface area contributed by atoms with E-state index in [1.807, 2.05) is 0 Å². The third-order valence-electron chi connectivity index (χ3n) is 2.72. The van der Waals surface area contributed by atoms with Gasteiger partial charge >= 0.3 is 5.97 Å². The smallest absolute Gasteiger partial charge is 0.326 e. The number of aliphatic carboxylic acids is 1. The lowest BCUT2D eigenvalue weighted by atomic mass is 9.92. The number of fused-ring (bicyclic) bond motifs is 1. The van der Waals surface area contributed by atoms with Crippen molar-refractivity contribution in [2.24, 2.45) is 5.92 Å². The zero-order valence-corrected chi connectivity index (χ0v) is 6.92. The third kappa shape index (κ3) is 1.19. The molecule has 2 rings (SSSR count). The summed E-state index contributed by atoms with van der Waals surface area (Å²) in [6.45, 7) is 0. The summed E-state index contributed by atoms with van der Waals surface area (Å²) in [5.41, 5.74) is 1.17. The minimum atomic E-state index is -0.717. The fraction of sp³-hybridized carbons (Fsp3) is 0.667. The van der Waals surface area contributed by atoms with Crippen LogP contribution in [0, 0.1) is 5.92 Å². The fourth-order valence-corrected chi connectivity index (χ4v) is 2.07. The van der Waals surface area contributed by atoms with Crippen molar-refractivity contribution in [3.63, 3.8) is 0 Å². The number of hydrogen-bond donors (Lipinski definition) is 2. The second-order valence-corrected chi connectivity index (χ2v) is 3.56. The van der Waals surface area contributed by atoms with E-state index >= 15 is 0 Å². The average molecular weight is 167 g/mol. The quantitative estimate of drug-likeness (QED) is 0.615. The first-order valence-corrected chi connectivity index (χ1v) is 4.47. The van der Waals surface area contributed by atoms with Crippen LogP contribution >= 0.6 is 0 Å². The number of hydrogen-bond acceptors (Lipinski definition) is 2. The van der Waals surface area contributed by atoms with Gasteiger partial charge in [-0.05, 0) is 25.7 Å². The summed E-state index contributed by atoms with van der Waals surface area (Å²) < 4.78 is 0. The molecule has 0 spiro atoms. The highest BCUT2D eigenvalue weighted by molar-refractivity contribution is 5.74. The van der Waals surface area contributed by atoms with Crippen molar-refractivity contribution in [1.29, 1.82) is 0 Å². The van der Waals surface area contributed by atoms with Crippen molar-refractivity contribution in [2.45, 2.75) is 31.7 Å². The van der Waals surface area contributed by atoms with E-state index in [-0.39, 0.29) is 6.04 Å². The van der Waals surface area contributed by atoms with Crippen molar-refractivity contribution >= 4 is 5.97 Å². The SMILES string of the molecule is O=C(O)[C@@H]1CC2CCCC=C2N1. The number of nitrogens with one attached hydrogen (secondary N) is 1. The second kappa shape index (κ2) is 2.81. The van der Waals surface area contributed by atoms with E-state index in [2.05, 4.69) is 11.4 Å². The average Bonchev–Trinajstić information content (AvgIpc) is 2.46. The van der Waals surface area contributed by atoms with Gasteiger partial charge in [-0.25, -0.2) is 4.79 Å². The van der Waals surface area contributed by atoms with Gasteiger partial charge in [0.25, 0.3) is 0 Å². The van der Waals surface area contributed by atoms with Crippen molar-refractivity contribution in [3.05, 3.63) is 11.8 Å². The van der Waals surface area contributed by atoms with Gasteiger partial charge in [-0.2, -0.15) is 0 Å². The van der Waals surface area contributed by atoms with E-state index in [4.69, 9.17) is 5.11 Å². The predicted molar refractivity (Wildman–Crippen MR) is 44.6 cm³/mol. The monoisotopic (exact) mass is 167 g/mol. The van der Waals surface area contributed by atoms with Gasteiger partial charge in [0, 0.05) is 11.6 Å². The molecule has 1 unspecified atom stereocenters. The molecule has 2 atom stereocenters. The van der Waals surface area contributed by atoms with E-state index in [1.165, 1.54) is 12.1 Å². The molecule has 1 aliphatic heterocycles. The summed E-state index contributed by atoms with van der Waals surface area (Å²) in [7, 11) is 0. The summed E-state index contributed by atoms with van der Waals surface area (Å²) in [6.07, 6.45) is 6.40. The molecule has 1 aliphatic carbocycles. The Morgan fingerprint density at radius 1 is 1.67 bits per heavy atom. The number of rotatable bonds is 1.